The van der Waals surface area contributed by atoms with Crippen LogP contribution in [0.3, 0.4) is 0 Å². The quantitative estimate of drug-likeness (QED) is 0.794. The molecule has 25 heavy (non-hydrogen) atoms. The minimum Gasteiger partial charge on any atom is -0.342 e. The van der Waals surface area contributed by atoms with Crippen LogP contribution in [0.5, 0.6) is 0 Å². The van der Waals surface area contributed by atoms with Crippen molar-refractivity contribution < 1.29 is 14.0 Å². The molecule has 0 unspecified atom stereocenters. The Kier molecular flexibility index (Phi) is 6.05. The molecule has 2 heterocycles. The fourth-order valence-electron chi connectivity index (χ4n) is 3.92. The van der Waals surface area contributed by atoms with Crippen LogP contribution in [0.2, 0.25) is 0 Å². The summed E-state index contributed by atoms with van der Waals surface area (Å²) in [7, 11) is 0. The Balaban J connectivity index is 1.43. The van der Waals surface area contributed by atoms with E-state index in [4.69, 9.17) is 0 Å². The number of piperidine rings is 1. The molecule has 0 N–H and O–H groups in total. The van der Waals surface area contributed by atoms with Gasteiger partial charge in [0.1, 0.15) is 5.82 Å². The van der Waals surface area contributed by atoms with Crippen LogP contribution >= 0.6 is 0 Å². The third-order valence-electron chi connectivity index (χ3n) is 5.37. The van der Waals surface area contributed by atoms with E-state index in [9.17, 15) is 14.0 Å². The smallest absolute Gasteiger partial charge is 0.224 e. The predicted octanol–water partition coefficient (Wildman–Crippen LogP) is 3.01. The number of benzene rings is 1. The molecule has 5 heteroatoms. The number of hydrogen-bond acceptors (Lipinski definition) is 2. The zero-order chi connectivity index (χ0) is 17.6. The molecule has 0 aliphatic carbocycles. The van der Waals surface area contributed by atoms with Crippen molar-refractivity contribution in [3.05, 3.63) is 35.6 Å². The van der Waals surface area contributed by atoms with Crippen molar-refractivity contribution in [3.63, 3.8) is 0 Å². The van der Waals surface area contributed by atoms with Gasteiger partial charge >= 0.3 is 0 Å². The molecule has 3 rings (SSSR count). The number of carbonyl (C=O) groups is 2. The summed E-state index contributed by atoms with van der Waals surface area (Å²) in [6.07, 6.45) is 5.97. The summed E-state index contributed by atoms with van der Waals surface area (Å²) < 4.78 is 13.3. The first-order valence-corrected chi connectivity index (χ1v) is 9.42. The van der Waals surface area contributed by atoms with Crippen molar-refractivity contribution in [1.29, 1.82) is 0 Å². The summed E-state index contributed by atoms with van der Waals surface area (Å²) in [6.45, 7) is 2.97. The van der Waals surface area contributed by atoms with Gasteiger partial charge in [-0.15, -0.1) is 0 Å². The van der Waals surface area contributed by atoms with Crippen molar-refractivity contribution in [2.24, 2.45) is 5.92 Å². The van der Waals surface area contributed by atoms with Crippen LogP contribution in [0.1, 0.15) is 44.1 Å². The lowest BCUT2D eigenvalue weighted by Crippen LogP contribution is -2.41. The molecule has 1 atom stereocenters. The lowest BCUT2D eigenvalue weighted by Gasteiger charge is -2.33. The van der Waals surface area contributed by atoms with Crippen molar-refractivity contribution >= 4 is 11.8 Å². The lowest BCUT2D eigenvalue weighted by atomic mass is 9.91. The van der Waals surface area contributed by atoms with Crippen molar-refractivity contribution in [1.82, 2.24) is 9.80 Å². The molecule has 0 spiro atoms. The van der Waals surface area contributed by atoms with Crippen LogP contribution in [0.25, 0.3) is 0 Å². The molecule has 1 aromatic carbocycles. The average molecular weight is 346 g/mol. The first-order valence-electron chi connectivity index (χ1n) is 9.42. The molecule has 2 amide bonds. The minimum absolute atomic E-state index is 0.162. The first kappa shape index (κ1) is 17.9. The van der Waals surface area contributed by atoms with Gasteiger partial charge in [0.15, 0.2) is 0 Å². The number of rotatable bonds is 6. The topological polar surface area (TPSA) is 40.6 Å². The molecule has 2 aliphatic heterocycles. The first-order chi connectivity index (χ1) is 12.1. The predicted molar refractivity (Wildman–Crippen MR) is 94.5 cm³/mol. The van der Waals surface area contributed by atoms with Crippen LogP contribution in [-0.4, -0.2) is 47.8 Å². The fourth-order valence-corrected chi connectivity index (χ4v) is 3.92. The van der Waals surface area contributed by atoms with Crippen LogP contribution in [-0.2, 0) is 16.0 Å². The van der Waals surface area contributed by atoms with Gasteiger partial charge in [0.2, 0.25) is 11.8 Å². The van der Waals surface area contributed by atoms with E-state index in [1.165, 1.54) is 6.07 Å². The van der Waals surface area contributed by atoms with Gasteiger partial charge in [-0.1, -0.05) is 12.1 Å². The Morgan fingerprint density at radius 2 is 2.12 bits per heavy atom. The highest BCUT2D eigenvalue weighted by molar-refractivity contribution is 5.80. The van der Waals surface area contributed by atoms with Gasteiger partial charge in [-0.25, -0.2) is 4.39 Å². The maximum Gasteiger partial charge on any atom is 0.224 e. The van der Waals surface area contributed by atoms with E-state index in [1.807, 2.05) is 15.9 Å². The number of amides is 2. The Hall–Kier alpha value is -1.91. The third kappa shape index (κ3) is 5.03. The molecule has 0 saturated carbocycles. The molecule has 4 nitrogen and oxygen atoms in total. The van der Waals surface area contributed by atoms with Gasteiger partial charge in [-0.05, 0) is 55.7 Å². The summed E-state index contributed by atoms with van der Waals surface area (Å²) in [5, 5.41) is 0. The SMILES string of the molecule is O=C1CCCN1CCC(=O)N1CCC[C@@H](CCc2cccc(F)c2)C1. The molecule has 2 aliphatic rings. The second kappa shape index (κ2) is 8.45. The molecule has 2 fully saturated rings. The number of likely N-dealkylation sites (tertiary alicyclic amines) is 2. The van der Waals surface area contributed by atoms with Gasteiger partial charge in [0, 0.05) is 39.0 Å². The van der Waals surface area contributed by atoms with Gasteiger partial charge in [-0.2, -0.15) is 0 Å². The van der Waals surface area contributed by atoms with E-state index in [0.29, 0.717) is 25.3 Å². The monoisotopic (exact) mass is 346 g/mol. The highest BCUT2D eigenvalue weighted by atomic mass is 19.1. The van der Waals surface area contributed by atoms with E-state index >= 15 is 0 Å². The number of carbonyl (C=O) groups excluding carboxylic acids is 2. The largest absolute Gasteiger partial charge is 0.342 e. The van der Waals surface area contributed by atoms with Crippen molar-refractivity contribution in [2.75, 3.05) is 26.2 Å². The molecule has 1 aromatic rings. The Morgan fingerprint density at radius 3 is 2.88 bits per heavy atom. The number of aryl methyl sites for hydroxylation is 1. The highest BCUT2D eigenvalue weighted by Gasteiger charge is 2.25. The Morgan fingerprint density at radius 1 is 1.24 bits per heavy atom. The zero-order valence-corrected chi connectivity index (χ0v) is 14.8. The van der Waals surface area contributed by atoms with Gasteiger partial charge in [0.05, 0.1) is 0 Å². The molecule has 136 valence electrons. The van der Waals surface area contributed by atoms with E-state index in [0.717, 1.165) is 57.3 Å². The van der Waals surface area contributed by atoms with Gasteiger partial charge in [-0.3, -0.25) is 9.59 Å². The normalized spacial score (nSPS) is 21.0. The van der Waals surface area contributed by atoms with Gasteiger partial charge in [0.25, 0.3) is 0 Å². The van der Waals surface area contributed by atoms with Crippen LogP contribution in [0.4, 0.5) is 4.39 Å². The maximum absolute atomic E-state index is 13.3. The van der Waals surface area contributed by atoms with Gasteiger partial charge < -0.3 is 9.80 Å². The third-order valence-corrected chi connectivity index (χ3v) is 5.37. The van der Waals surface area contributed by atoms with E-state index < -0.39 is 0 Å². The summed E-state index contributed by atoms with van der Waals surface area (Å²) in [5.41, 5.74) is 1.02. The maximum atomic E-state index is 13.3. The van der Waals surface area contributed by atoms with Crippen LogP contribution < -0.4 is 0 Å². The summed E-state index contributed by atoms with van der Waals surface area (Å²) in [6, 6.07) is 6.78. The lowest BCUT2D eigenvalue weighted by molar-refractivity contribution is -0.134. The standard InChI is InChI=1S/C20H27FN2O2/c21-18-6-1-4-16(14-18)8-9-17-5-2-12-23(15-17)20(25)10-13-22-11-3-7-19(22)24/h1,4,6,14,17H,2-3,5,7-13,15H2/t17-/m0/s1. The fraction of sp³-hybridized carbons (Fsp3) is 0.600. The van der Waals surface area contributed by atoms with Crippen LogP contribution in [0, 0.1) is 11.7 Å². The molecule has 0 aromatic heterocycles. The molecule has 0 radical (unpaired) electrons. The minimum atomic E-state index is -0.186. The van der Waals surface area contributed by atoms with E-state index in [-0.39, 0.29) is 17.6 Å². The summed E-state index contributed by atoms with van der Waals surface area (Å²) in [4.78, 5) is 27.9. The van der Waals surface area contributed by atoms with E-state index in [1.54, 1.807) is 12.1 Å². The second-order valence-corrected chi connectivity index (χ2v) is 7.25. The zero-order valence-electron chi connectivity index (χ0n) is 14.8. The van der Waals surface area contributed by atoms with Crippen molar-refractivity contribution in [2.45, 2.75) is 44.9 Å². The molecule has 0 bridgehead atoms. The molecular formula is C20H27FN2O2. The Bertz CT molecular complexity index is 619. The van der Waals surface area contributed by atoms with Crippen LogP contribution in [0.15, 0.2) is 24.3 Å². The number of nitrogens with zero attached hydrogens (tertiary/aromatic N) is 2. The number of halogens is 1. The molecule has 2 saturated heterocycles. The molecular weight excluding hydrogens is 319 g/mol. The summed E-state index contributed by atoms with van der Waals surface area (Å²) in [5.74, 6) is 0.637. The highest BCUT2D eigenvalue weighted by Crippen LogP contribution is 2.22. The van der Waals surface area contributed by atoms with Crippen molar-refractivity contribution in [3.8, 4) is 0 Å². The number of hydrogen-bond donors (Lipinski definition) is 0. The summed E-state index contributed by atoms with van der Waals surface area (Å²) >= 11 is 0. The van der Waals surface area contributed by atoms with E-state index in [2.05, 4.69) is 0 Å². The Labute approximate surface area is 149 Å². The second-order valence-electron chi connectivity index (χ2n) is 7.25. The average Bonchev–Trinajstić information content (AvgIpc) is 3.03.